The monoisotopic (exact) mass is 449 g/mol. The molecule has 0 fully saturated rings. The minimum absolute atomic E-state index is 0.290. The van der Waals surface area contributed by atoms with Crippen LogP contribution < -0.4 is 14.8 Å². The SMILES string of the molecule is Cc1cc(C)c(-c2c3ccc(=[N+](C)C)cc-3[se]c3cc(N(C)C)ccc23)c(C)c1. The number of hydrogen-bond acceptors (Lipinski definition) is 1. The van der Waals surface area contributed by atoms with Crippen molar-refractivity contribution >= 4 is 29.8 Å². The summed E-state index contributed by atoms with van der Waals surface area (Å²) >= 11 is 0.290. The van der Waals surface area contributed by atoms with Crippen molar-refractivity contribution in [3.05, 3.63) is 70.6 Å². The van der Waals surface area contributed by atoms with Crippen LogP contribution in [0.15, 0.2) is 48.5 Å². The Kier molecular flexibility index (Phi) is 5.14. The number of aryl methyl sites for hydroxylation is 3. The van der Waals surface area contributed by atoms with Crippen molar-refractivity contribution in [1.82, 2.24) is 4.58 Å². The predicted molar refractivity (Wildman–Crippen MR) is 129 cm³/mol. The molecule has 1 heterocycles. The van der Waals surface area contributed by atoms with Gasteiger partial charge in [0.15, 0.2) is 0 Å². The molecule has 2 aliphatic rings. The Labute approximate surface area is 179 Å². The zero-order valence-electron chi connectivity index (χ0n) is 18.4. The van der Waals surface area contributed by atoms with Gasteiger partial charge in [0.2, 0.25) is 0 Å². The van der Waals surface area contributed by atoms with E-state index in [0.717, 1.165) is 0 Å². The summed E-state index contributed by atoms with van der Waals surface area (Å²) < 4.78 is 5.15. The fraction of sp³-hybridized carbons (Fsp3) is 0.269. The molecule has 1 aliphatic carbocycles. The van der Waals surface area contributed by atoms with Gasteiger partial charge in [0.05, 0.1) is 0 Å². The maximum absolute atomic E-state index is 2.39. The van der Waals surface area contributed by atoms with Crippen molar-refractivity contribution in [3.8, 4) is 21.1 Å². The van der Waals surface area contributed by atoms with Crippen LogP contribution in [0.25, 0.3) is 30.8 Å². The van der Waals surface area contributed by atoms with Crippen LogP contribution in [0.5, 0.6) is 0 Å². The van der Waals surface area contributed by atoms with E-state index < -0.39 is 0 Å². The van der Waals surface area contributed by atoms with E-state index in [2.05, 4.69) is 107 Å². The van der Waals surface area contributed by atoms with Crippen LogP contribution in [0.3, 0.4) is 0 Å². The molecule has 0 radical (unpaired) electrons. The van der Waals surface area contributed by atoms with E-state index in [1.165, 1.54) is 58.5 Å². The third kappa shape index (κ3) is 3.54. The molecular formula is C26H29N2Se+. The summed E-state index contributed by atoms with van der Waals surface area (Å²) in [5.41, 5.74) is 9.51. The molecule has 0 saturated carbocycles. The second kappa shape index (κ2) is 7.48. The first-order valence-corrected chi connectivity index (χ1v) is 11.7. The van der Waals surface area contributed by atoms with Crippen molar-refractivity contribution in [2.24, 2.45) is 0 Å². The molecule has 0 N–H and O–H groups in total. The number of anilines is 1. The van der Waals surface area contributed by atoms with Gasteiger partial charge in [-0.25, -0.2) is 0 Å². The van der Waals surface area contributed by atoms with Crippen molar-refractivity contribution < 1.29 is 0 Å². The van der Waals surface area contributed by atoms with E-state index in [1.54, 1.807) is 0 Å². The molecule has 4 rings (SSSR count). The molecule has 1 aliphatic heterocycles. The van der Waals surface area contributed by atoms with Crippen LogP contribution in [0.4, 0.5) is 5.69 Å². The summed E-state index contributed by atoms with van der Waals surface area (Å²) in [6.45, 7) is 6.70. The fourth-order valence-corrected chi connectivity index (χ4v) is 6.69. The Morgan fingerprint density at radius 3 is 2.10 bits per heavy atom. The first-order valence-electron chi connectivity index (χ1n) is 10.0. The van der Waals surface area contributed by atoms with Gasteiger partial charge < -0.3 is 0 Å². The molecular weight excluding hydrogens is 419 g/mol. The van der Waals surface area contributed by atoms with E-state index >= 15 is 0 Å². The molecule has 0 spiro atoms. The Morgan fingerprint density at radius 1 is 0.793 bits per heavy atom. The van der Waals surface area contributed by atoms with Crippen LogP contribution in [0.1, 0.15) is 16.7 Å². The molecule has 2 aromatic rings. The van der Waals surface area contributed by atoms with Gasteiger partial charge in [0.25, 0.3) is 0 Å². The Morgan fingerprint density at radius 2 is 1.48 bits per heavy atom. The molecule has 29 heavy (non-hydrogen) atoms. The van der Waals surface area contributed by atoms with Gasteiger partial charge in [0.1, 0.15) is 0 Å². The summed E-state index contributed by atoms with van der Waals surface area (Å²) in [6, 6.07) is 18.6. The van der Waals surface area contributed by atoms with E-state index in [-0.39, 0.29) is 0 Å². The normalized spacial score (nSPS) is 11.3. The molecule has 2 aromatic carbocycles. The summed E-state index contributed by atoms with van der Waals surface area (Å²) in [4.78, 5) is 2.20. The summed E-state index contributed by atoms with van der Waals surface area (Å²) in [7, 11) is 8.48. The van der Waals surface area contributed by atoms with Crippen molar-refractivity contribution in [1.29, 1.82) is 0 Å². The second-order valence-electron chi connectivity index (χ2n) is 8.40. The van der Waals surface area contributed by atoms with E-state index in [1.807, 2.05) is 0 Å². The molecule has 0 atom stereocenters. The van der Waals surface area contributed by atoms with E-state index in [4.69, 9.17) is 0 Å². The first kappa shape index (κ1) is 19.9. The molecule has 0 unspecified atom stereocenters. The molecule has 0 amide bonds. The third-order valence-electron chi connectivity index (χ3n) is 5.65. The standard InChI is InChI=1S/C26H29N2Se/c1-16-12-17(2)25(18(3)13-16)26-21-10-8-19(27(4)5)14-23(21)29-24-15-20(28(6)7)9-11-22(24)26/h8-15H,1-7H3/q+1. The van der Waals surface area contributed by atoms with Crippen molar-refractivity contribution in [3.63, 3.8) is 0 Å². The van der Waals surface area contributed by atoms with Gasteiger partial charge >= 0.3 is 180 Å². The predicted octanol–water partition coefficient (Wildman–Crippen LogP) is 4.69. The zero-order valence-corrected chi connectivity index (χ0v) is 20.1. The number of rotatable bonds is 2. The summed E-state index contributed by atoms with van der Waals surface area (Å²) in [6.07, 6.45) is 0. The average molecular weight is 448 g/mol. The van der Waals surface area contributed by atoms with Crippen LogP contribution in [-0.2, 0) is 0 Å². The van der Waals surface area contributed by atoms with Gasteiger partial charge in [0, 0.05) is 0 Å². The van der Waals surface area contributed by atoms with Crippen LogP contribution in [-0.4, -0.2) is 42.7 Å². The number of nitrogens with zero attached hydrogens (tertiary/aromatic N) is 2. The molecule has 2 nitrogen and oxygen atoms in total. The first-order chi connectivity index (χ1) is 13.8. The second-order valence-corrected chi connectivity index (χ2v) is 10.7. The number of hydrogen-bond donors (Lipinski definition) is 0. The fourth-order valence-electron chi connectivity index (χ4n) is 4.27. The van der Waals surface area contributed by atoms with Crippen LogP contribution in [0.2, 0.25) is 0 Å². The Balaban J connectivity index is 2.20. The maximum atomic E-state index is 2.39. The Hall–Kier alpha value is -2.35. The van der Waals surface area contributed by atoms with Gasteiger partial charge in [-0.15, -0.1) is 0 Å². The van der Waals surface area contributed by atoms with Crippen molar-refractivity contribution in [2.45, 2.75) is 20.8 Å². The summed E-state index contributed by atoms with van der Waals surface area (Å²) in [5.74, 6) is 0. The zero-order chi connectivity index (χ0) is 20.9. The topological polar surface area (TPSA) is 6.25 Å². The van der Waals surface area contributed by atoms with Crippen LogP contribution in [0, 0.1) is 20.8 Å². The molecule has 0 saturated heterocycles. The van der Waals surface area contributed by atoms with Gasteiger partial charge in [-0.3, -0.25) is 0 Å². The van der Waals surface area contributed by atoms with Crippen LogP contribution >= 0.6 is 0 Å². The molecule has 3 heteroatoms. The molecule has 0 bridgehead atoms. The van der Waals surface area contributed by atoms with Gasteiger partial charge in [-0.2, -0.15) is 0 Å². The third-order valence-corrected chi connectivity index (χ3v) is 7.99. The van der Waals surface area contributed by atoms with Gasteiger partial charge in [-0.1, -0.05) is 0 Å². The Bertz CT molecular complexity index is 1250. The molecule has 148 valence electrons. The number of fused-ring (bicyclic) bond motifs is 2. The van der Waals surface area contributed by atoms with E-state index in [9.17, 15) is 0 Å². The molecule has 0 aromatic heterocycles. The minimum atomic E-state index is 0.290. The average Bonchev–Trinajstić information content (AvgIpc) is 2.65. The summed E-state index contributed by atoms with van der Waals surface area (Å²) in [5, 5.41) is 2.67. The number of benzene rings is 3. The quantitative estimate of drug-likeness (QED) is 0.245. The van der Waals surface area contributed by atoms with E-state index in [0.29, 0.717) is 14.5 Å². The van der Waals surface area contributed by atoms with Gasteiger partial charge in [-0.05, 0) is 0 Å². The van der Waals surface area contributed by atoms with Crippen molar-refractivity contribution in [2.75, 3.05) is 33.1 Å².